The highest BCUT2D eigenvalue weighted by Crippen LogP contribution is 2.38. The average molecular weight is 324 g/mol. The second-order valence-corrected chi connectivity index (χ2v) is 5.66. The van der Waals surface area contributed by atoms with Crippen molar-refractivity contribution in [2.75, 3.05) is 0 Å². The van der Waals surface area contributed by atoms with Gasteiger partial charge in [-0.1, -0.05) is 6.07 Å². The minimum Gasteiger partial charge on any atom is -0.481 e. The molecule has 1 N–H and O–H groups in total. The molecule has 2 aliphatic rings. The van der Waals surface area contributed by atoms with Crippen LogP contribution in [0.3, 0.4) is 0 Å². The zero-order chi connectivity index (χ0) is 13.7. The van der Waals surface area contributed by atoms with Gasteiger partial charge in [-0.2, -0.15) is 0 Å². The molecule has 6 heteroatoms. The zero-order valence-electron chi connectivity index (χ0n) is 9.80. The summed E-state index contributed by atoms with van der Waals surface area (Å²) in [5.74, 6) is -1.97. The Balaban J connectivity index is 1.88. The van der Waals surface area contributed by atoms with Crippen molar-refractivity contribution in [1.82, 2.24) is 4.90 Å². The number of carbonyl (C=O) groups is 3. The van der Waals surface area contributed by atoms with Gasteiger partial charge in [0.2, 0.25) is 0 Å². The number of carboxylic acid groups (broad SMARTS) is 1. The molecule has 0 saturated heterocycles. The maximum Gasteiger partial charge on any atom is 0.306 e. The number of halogens is 1. The van der Waals surface area contributed by atoms with Crippen molar-refractivity contribution in [3.8, 4) is 0 Å². The van der Waals surface area contributed by atoms with Crippen LogP contribution in [0.2, 0.25) is 0 Å². The molecule has 0 atom stereocenters. The molecule has 3 rings (SSSR count). The molecule has 0 unspecified atom stereocenters. The molecule has 5 nitrogen and oxygen atoms in total. The average Bonchev–Trinajstić information content (AvgIpc) is 2.53. The molecule has 1 aromatic carbocycles. The highest BCUT2D eigenvalue weighted by Gasteiger charge is 2.47. The predicted molar refractivity (Wildman–Crippen MR) is 68.8 cm³/mol. The van der Waals surface area contributed by atoms with E-state index in [1.807, 2.05) is 0 Å². The Hall–Kier alpha value is -1.69. The van der Waals surface area contributed by atoms with Gasteiger partial charge < -0.3 is 5.11 Å². The number of fused-ring (bicyclic) bond motifs is 1. The normalized spacial score (nSPS) is 25.2. The fraction of sp³-hybridized carbons (Fsp3) is 0.308. The molecule has 2 amide bonds. The monoisotopic (exact) mass is 323 g/mol. The van der Waals surface area contributed by atoms with Gasteiger partial charge in [0.05, 0.1) is 17.0 Å². The second kappa shape index (κ2) is 4.16. The van der Waals surface area contributed by atoms with Gasteiger partial charge >= 0.3 is 5.97 Å². The first-order valence-corrected chi connectivity index (χ1v) is 6.69. The lowest BCUT2D eigenvalue weighted by molar-refractivity contribution is -0.146. The maximum absolute atomic E-state index is 12.3. The molecule has 98 valence electrons. The van der Waals surface area contributed by atoms with Crippen LogP contribution in [0.1, 0.15) is 33.6 Å². The minimum atomic E-state index is -0.867. The Morgan fingerprint density at radius 3 is 2.53 bits per heavy atom. The van der Waals surface area contributed by atoms with Crippen LogP contribution >= 0.6 is 15.9 Å². The Kier molecular flexibility index (Phi) is 2.70. The minimum absolute atomic E-state index is 0.291. The number of hydrogen-bond acceptors (Lipinski definition) is 3. The van der Waals surface area contributed by atoms with E-state index in [4.69, 9.17) is 5.11 Å². The topological polar surface area (TPSA) is 74.7 Å². The summed E-state index contributed by atoms with van der Waals surface area (Å²) in [6, 6.07) is 4.75. The molecular formula is C13H10BrNO4. The third-order valence-electron chi connectivity index (χ3n) is 3.72. The van der Waals surface area contributed by atoms with Crippen LogP contribution < -0.4 is 0 Å². The molecule has 0 radical (unpaired) electrons. The number of nitrogens with zero attached hydrogens (tertiary/aromatic N) is 1. The van der Waals surface area contributed by atoms with Crippen LogP contribution in [0.15, 0.2) is 22.7 Å². The van der Waals surface area contributed by atoms with Crippen molar-refractivity contribution in [2.45, 2.75) is 18.9 Å². The van der Waals surface area contributed by atoms with Gasteiger partial charge in [0, 0.05) is 10.5 Å². The highest BCUT2D eigenvalue weighted by molar-refractivity contribution is 9.10. The molecule has 1 saturated carbocycles. The first-order valence-electron chi connectivity index (χ1n) is 5.90. The molecule has 1 aromatic rings. The van der Waals surface area contributed by atoms with Crippen LogP contribution in [0.25, 0.3) is 0 Å². The van der Waals surface area contributed by atoms with E-state index in [2.05, 4.69) is 15.9 Å². The fourth-order valence-electron chi connectivity index (χ4n) is 2.59. The van der Waals surface area contributed by atoms with Crippen molar-refractivity contribution in [3.05, 3.63) is 33.8 Å². The van der Waals surface area contributed by atoms with Gasteiger partial charge in [-0.05, 0) is 40.9 Å². The summed E-state index contributed by atoms with van der Waals surface area (Å²) < 4.78 is 0.597. The summed E-state index contributed by atoms with van der Waals surface area (Å²) in [7, 11) is 0. The lowest BCUT2D eigenvalue weighted by Gasteiger charge is -2.37. The van der Waals surface area contributed by atoms with Crippen molar-refractivity contribution in [1.29, 1.82) is 0 Å². The standard InChI is InChI=1S/C13H10BrNO4/c14-9-3-1-2-8-10(9)12(17)15(11(8)16)7-4-6(5-7)13(18)19/h1-3,6-7H,4-5H2,(H,18,19). The summed E-state index contributed by atoms with van der Waals surface area (Å²) in [4.78, 5) is 36.5. The molecule has 0 bridgehead atoms. The molecule has 0 aromatic heterocycles. The van der Waals surface area contributed by atoms with Gasteiger partial charge in [-0.3, -0.25) is 19.3 Å². The number of benzene rings is 1. The molecule has 1 aliphatic carbocycles. The highest BCUT2D eigenvalue weighted by atomic mass is 79.9. The Morgan fingerprint density at radius 2 is 1.95 bits per heavy atom. The van der Waals surface area contributed by atoms with Crippen LogP contribution in [0, 0.1) is 5.92 Å². The predicted octanol–water partition coefficient (Wildman–Crippen LogP) is 1.91. The number of aliphatic carboxylic acids is 1. The van der Waals surface area contributed by atoms with E-state index in [1.165, 1.54) is 4.90 Å². The number of carbonyl (C=O) groups excluding carboxylic acids is 2. The van der Waals surface area contributed by atoms with E-state index in [1.54, 1.807) is 18.2 Å². The van der Waals surface area contributed by atoms with E-state index in [0.717, 1.165) is 0 Å². The summed E-state index contributed by atoms with van der Waals surface area (Å²) in [5, 5.41) is 8.85. The van der Waals surface area contributed by atoms with Crippen molar-refractivity contribution in [3.63, 3.8) is 0 Å². The lowest BCUT2D eigenvalue weighted by atomic mass is 9.79. The van der Waals surface area contributed by atoms with Gasteiger partial charge in [-0.15, -0.1) is 0 Å². The summed E-state index contributed by atoms with van der Waals surface area (Å²) in [6.07, 6.45) is 0.691. The molecule has 1 heterocycles. The van der Waals surface area contributed by atoms with Gasteiger partial charge in [0.1, 0.15) is 0 Å². The van der Waals surface area contributed by atoms with Crippen LogP contribution in [0.4, 0.5) is 0 Å². The van der Waals surface area contributed by atoms with Crippen molar-refractivity contribution in [2.24, 2.45) is 5.92 Å². The quantitative estimate of drug-likeness (QED) is 0.843. The molecule has 1 fully saturated rings. The van der Waals surface area contributed by atoms with E-state index < -0.39 is 11.9 Å². The van der Waals surface area contributed by atoms with Crippen molar-refractivity contribution < 1.29 is 19.5 Å². The second-order valence-electron chi connectivity index (χ2n) is 4.80. The number of rotatable bonds is 2. The Labute approximate surface area is 117 Å². The first kappa shape index (κ1) is 12.3. The van der Waals surface area contributed by atoms with Crippen LogP contribution in [-0.4, -0.2) is 33.8 Å². The number of hydrogen-bond donors (Lipinski definition) is 1. The van der Waals surface area contributed by atoms with Crippen molar-refractivity contribution >= 4 is 33.7 Å². The summed E-state index contributed by atoms with van der Waals surface area (Å²) in [5.41, 5.74) is 0.768. The largest absolute Gasteiger partial charge is 0.481 e. The molecule has 1 aliphatic heterocycles. The fourth-order valence-corrected chi connectivity index (χ4v) is 3.13. The molecular weight excluding hydrogens is 314 g/mol. The summed E-state index contributed by atoms with van der Waals surface area (Å²) in [6.45, 7) is 0. The van der Waals surface area contributed by atoms with Crippen LogP contribution in [-0.2, 0) is 4.79 Å². The van der Waals surface area contributed by atoms with E-state index in [9.17, 15) is 14.4 Å². The first-order chi connectivity index (χ1) is 9.00. The summed E-state index contributed by atoms with van der Waals surface area (Å²) >= 11 is 3.27. The lowest BCUT2D eigenvalue weighted by Crippen LogP contribution is -2.49. The van der Waals surface area contributed by atoms with Crippen LogP contribution in [0.5, 0.6) is 0 Å². The smallest absolute Gasteiger partial charge is 0.306 e. The third kappa shape index (κ3) is 1.70. The molecule has 19 heavy (non-hydrogen) atoms. The Morgan fingerprint density at radius 1 is 1.26 bits per heavy atom. The SMILES string of the molecule is O=C(O)C1CC(N2C(=O)c3cccc(Br)c3C2=O)C1. The van der Waals surface area contributed by atoms with E-state index in [0.29, 0.717) is 28.4 Å². The maximum atomic E-state index is 12.3. The number of amides is 2. The van der Waals surface area contributed by atoms with Gasteiger partial charge in [0.25, 0.3) is 11.8 Å². The number of carboxylic acids is 1. The zero-order valence-corrected chi connectivity index (χ0v) is 11.4. The van der Waals surface area contributed by atoms with Gasteiger partial charge in [0.15, 0.2) is 0 Å². The molecule has 0 spiro atoms. The van der Waals surface area contributed by atoms with E-state index in [-0.39, 0.29) is 17.9 Å². The Bertz CT molecular complexity index is 607. The number of imide groups is 1. The van der Waals surface area contributed by atoms with E-state index >= 15 is 0 Å². The van der Waals surface area contributed by atoms with Gasteiger partial charge in [-0.25, -0.2) is 0 Å². The third-order valence-corrected chi connectivity index (χ3v) is 4.38.